The smallest absolute Gasteiger partial charge is 0.227 e. The molecular formula is C34H50BrNO4. The molecule has 1 aromatic carbocycles. The molecule has 0 aromatic heterocycles. The number of hydrogen-bond acceptors (Lipinski definition) is 4. The quantitative estimate of drug-likeness (QED) is 0.371. The molecule has 6 rings (SSSR count). The van der Waals surface area contributed by atoms with Crippen LogP contribution in [0.15, 0.2) is 22.7 Å². The first-order valence-corrected chi connectivity index (χ1v) is 16.9. The lowest BCUT2D eigenvalue weighted by molar-refractivity contribution is -0.218. The van der Waals surface area contributed by atoms with Gasteiger partial charge in [-0.25, -0.2) is 0 Å². The van der Waals surface area contributed by atoms with E-state index in [1.54, 1.807) is 0 Å². The number of carbonyl (C=O) groups is 1. The molecule has 1 heterocycles. The normalized spacial score (nSPS) is 43.0. The zero-order valence-electron chi connectivity index (χ0n) is 24.9. The maximum absolute atomic E-state index is 13.4. The molecule has 6 heteroatoms. The standard InChI is InChI=1S/C34H50BrNO4/c1-5-34-25(20(2)6-11-31(39)36-15-13-21-7-8-23(35)18-28(21)36)9-10-26(34)32-27(19-30(34)40-4)33(3)14-12-24(37)16-22(33)17-29(32)38/h7-8,18,20,22,24-27,29-30,32,37-38H,5-6,9-17,19H2,1-4H3/t20-,22+,24-,25-,26+,27+,29-,30+,32+,33+,34-/m1/s1. The molecule has 5 aliphatic rings. The number of methoxy groups -OCH3 is 1. The van der Waals surface area contributed by atoms with E-state index in [-0.39, 0.29) is 35.0 Å². The summed E-state index contributed by atoms with van der Waals surface area (Å²) in [6.07, 6.45) is 10.2. The predicted octanol–water partition coefficient (Wildman–Crippen LogP) is 6.76. The number of aliphatic hydroxyl groups excluding tert-OH is 2. The van der Waals surface area contributed by atoms with E-state index in [0.29, 0.717) is 41.9 Å². The van der Waals surface area contributed by atoms with Gasteiger partial charge in [0, 0.05) is 35.7 Å². The van der Waals surface area contributed by atoms with Gasteiger partial charge in [-0.3, -0.25) is 4.79 Å². The zero-order valence-corrected chi connectivity index (χ0v) is 26.5. The SMILES string of the molecule is CC[C@]12[C@@H](OC)C[C@H]3[C@@H]([C@H](O)C[C@@H]4C[C@H](O)CC[C@@]43C)[C@@H]1CC[C@@H]2[C@H](C)CCC(=O)N1CCc2ccc(Br)cc21. The summed E-state index contributed by atoms with van der Waals surface area (Å²) in [4.78, 5) is 15.4. The average molecular weight is 617 g/mol. The third-order valence-electron chi connectivity index (χ3n) is 13.1. The van der Waals surface area contributed by atoms with Crippen LogP contribution in [0.1, 0.15) is 90.5 Å². The summed E-state index contributed by atoms with van der Waals surface area (Å²) < 4.78 is 7.48. The van der Waals surface area contributed by atoms with Crippen LogP contribution in [-0.4, -0.2) is 48.1 Å². The Hall–Kier alpha value is -0.950. The van der Waals surface area contributed by atoms with Crippen LogP contribution in [0.2, 0.25) is 0 Å². The maximum atomic E-state index is 13.4. The lowest BCUT2D eigenvalue weighted by Gasteiger charge is -2.64. The van der Waals surface area contributed by atoms with Gasteiger partial charge in [0.1, 0.15) is 0 Å². The Morgan fingerprint density at radius 1 is 1.18 bits per heavy atom. The monoisotopic (exact) mass is 615 g/mol. The van der Waals surface area contributed by atoms with Crippen LogP contribution in [0, 0.1) is 46.3 Å². The van der Waals surface area contributed by atoms with Gasteiger partial charge < -0.3 is 19.8 Å². The molecule has 0 radical (unpaired) electrons. The Labute approximate surface area is 249 Å². The Morgan fingerprint density at radius 3 is 2.73 bits per heavy atom. The molecule has 2 N–H and O–H groups in total. The third kappa shape index (κ3) is 4.45. The van der Waals surface area contributed by atoms with E-state index in [1.807, 2.05) is 12.0 Å². The van der Waals surface area contributed by atoms with Crippen molar-refractivity contribution in [1.29, 1.82) is 0 Å². The summed E-state index contributed by atoms with van der Waals surface area (Å²) in [6.45, 7) is 7.98. The van der Waals surface area contributed by atoms with E-state index in [0.717, 1.165) is 74.5 Å². The van der Waals surface area contributed by atoms with E-state index >= 15 is 0 Å². The number of rotatable bonds is 6. The first-order chi connectivity index (χ1) is 19.1. The van der Waals surface area contributed by atoms with Crippen LogP contribution in [0.4, 0.5) is 5.69 Å². The summed E-state index contributed by atoms with van der Waals surface area (Å²) in [5.74, 6) is 2.82. The minimum atomic E-state index is -0.285. The predicted molar refractivity (Wildman–Crippen MR) is 162 cm³/mol. The molecule has 4 fully saturated rings. The maximum Gasteiger partial charge on any atom is 0.227 e. The first kappa shape index (κ1) is 29.1. The number of fused-ring (bicyclic) bond motifs is 6. The highest BCUT2D eigenvalue weighted by Crippen LogP contribution is 2.69. The summed E-state index contributed by atoms with van der Waals surface area (Å²) in [6, 6.07) is 6.29. The van der Waals surface area contributed by atoms with Crippen molar-refractivity contribution in [3.63, 3.8) is 0 Å². The number of amides is 1. The van der Waals surface area contributed by atoms with Gasteiger partial charge in [-0.15, -0.1) is 0 Å². The number of carbonyl (C=O) groups excluding carboxylic acids is 1. The van der Waals surface area contributed by atoms with Crippen molar-refractivity contribution in [2.75, 3.05) is 18.6 Å². The molecule has 4 aliphatic carbocycles. The van der Waals surface area contributed by atoms with Crippen LogP contribution in [0.3, 0.4) is 0 Å². The first-order valence-electron chi connectivity index (χ1n) is 16.1. The van der Waals surface area contributed by atoms with Gasteiger partial charge >= 0.3 is 0 Å². The van der Waals surface area contributed by atoms with Gasteiger partial charge in [-0.1, -0.05) is 42.8 Å². The zero-order chi connectivity index (χ0) is 28.4. The Morgan fingerprint density at radius 2 is 1.98 bits per heavy atom. The summed E-state index contributed by atoms with van der Waals surface area (Å²) >= 11 is 3.58. The number of aliphatic hydroxyl groups is 2. The van der Waals surface area contributed by atoms with Gasteiger partial charge in [-0.05, 0) is 123 Å². The van der Waals surface area contributed by atoms with E-state index in [9.17, 15) is 15.0 Å². The molecule has 0 spiro atoms. The van der Waals surface area contributed by atoms with Crippen LogP contribution < -0.4 is 4.90 Å². The number of hydrogen-bond donors (Lipinski definition) is 2. The van der Waals surface area contributed by atoms with Gasteiger partial charge in [0.25, 0.3) is 0 Å². The molecule has 5 nitrogen and oxygen atoms in total. The molecular weight excluding hydrogens is 566 g/mol. The van der Waals surface area contributed by atoms with E-state index in [2.05, 4.69) is 54.9 Å². The van der Waals surface area contributed by atoms with Gasteiger partial charge in [0.05, 0.1) is 18.3 Å². The minimum absolute atomic E-state index is 0.0574. The molecule has 4 saturated carbocycles. The fraction of sp³-hybridized carbons (Fsp3) is 0.794. The van der Waals surface area contributed by atoms with Crippen molar-refractivity contribution in [2.45, 2.75) is 110 Å². The van der Waals surface area contributed by atoms with Crippen molar-refractivity contribution >= 4 is 27.5 Å². The van der Waals surface area contributed by atoms with E-state index in [4.69, 9.17) is 4.74 Å². The molecule has 0 bridgehead atoms. The largest absolute Gasteiger partial charge is 0.393 e. The lowest BCUT2D eigenvalue weighted by Crippen LogP contribution is -2.63. The van der Waals surface area contributed by atoms with Crippen molar-refractivity contribution in [1.82, 2.24) is 0 Å². The number of ether oxygens (including phenoxy) is 1. The fourth-order valence-electron chi connectivity index (χ4n) is 11.2. The average Bonchev–Trinajstić information content (AvgIpc) is 3.54. The van der Waals surface area contributed by atoms with Gasteiger partial charge in [-0.2, -0.15) is 0 Å². The number of benzene rings is 1. The van der Waals surface area contributed by atoms with Crippen molar-refractivity contribution in [2.24, 2.45) is 46.3 Å². The van der Waals surface area contributed by atoms with Crippen LogP contribution in [0.5, 0.6) is 0 Å². The summed E-state index contributed by atoms with van der Waals surface area (Å²) in [7, 11) is 1.91. The third-order valence-corrected chi connectivity index (χ3v) is 13.6. The second-order valence-electron chi connectivity index (χ2n) is 14.4. The molecule has 1 amide bonds. The van der Waals surface area contributed by atoms with E-state index < -0.39 is 0 Å². The van der Waals surface area contributed by atoms with Crippen LogP contribution >= 0.6 is 15.9 Å². The molecule has 222 valence electrons. The highest BCUT2D eigenvalue weighted by Gasteiger charge is 2.67. The Bertz CT molecular complexity index is 1110. The summed E-state index contributed by atoms with van der Waals surface area (Å²) in [5.41, 5.74) is 2.57. The Kier molecular flexibility index (Phi) is 7.98. The van der Waals surface area contributed by atoms with Crippen molar-refractivity contribution < 1.29 is 19.7 Å². The van der Waals surface area contributed by atoms with Gasteiger partial charge in [0.15, 0.2) is 0 Å². The molecule has 0 saturated heterocycles. The lowest BCUT2D eigenvalue weighted by atomic mass is 9.42. The fourth-order valence-corrected chi connectivity index (χ4v) is 11.6. The second kappa shape index (κ2) is 11.0. The number of halogens is 1. The molecule has 40 heavy (non-hydrogen) atoms. The van der Waals surface area contributed by atoms with Crippen LogP contribution in [-0.2, 0) is 16.0 Å². The minimum Gasteiger partial charge on any atom is -0.393 e. The topological polar surface area (TPSA) is 70.0 Å². The van der Waals surface area contributed by atoms with Crippen molar-refractivity contribution in [3.8, 4) is 0 Å². The van der Waals surface area contributed by atoms with Gasteiger partial charge in [0.2, 0.25) is 5.91 Å². The van der Waals surface area contributed by atoms with Crippen LogP contribution in [0.25, 0.3) is 0 Å². The highest BCUT2D eigenvalue weighted by molar-refractivity contribution is 9.10. The highest BCUT2D eigenvalue weighted by atomic mass is 79.9. The molecule has 11 atom stereocenters. The number of nitrogens with zero attached hydrogens (tertiary/aromatic N) is 1. The molecule has 1 aliphatic heterocycles. The van der Waals surface area contributed by atoms with Crippen molar-refractivity contribution in [3.05, 3.63) is 28.2 Å². The summed E-state index contributed by atoms with van der Waals surface area (Å²) in [5, 5.41) is 22.2. The second-order valence-corrected chi connectivity index (χ2v) is 15.3. The molecule has 0 unspecified atom stereocenters. The molecule has 1 aromatic rings. The van der Waals surface area contributed by atoms with E-state index in [1.165, 1.54) is 12.0 Å². The number of anilines is 1. The Balaban J connectivity index is 1.21.